The molecule has 0 radical (unpaired) electrons. The van der Waals surface area contributed by atoms with Crippen LogP contribution in [0, 0.1) is 5.82 Å². The average Bonchev–Trinajstić information content (AvgIpc) is 2.12. The Morgan fingerprint density at radius 1 is 1.44 bits per heavy atom. The normalized spacial score (nSPS) is 11.5. The van der Waals surface area contributed by atoms with E-state index in [9.17, 15) is 13.6 Å². The molecule has 1 N–H and O–H groups in total. The Morgan fingerprint density at radius 2 is 2.06 bits per heavy atom. The molecule has 0 bridgehead atoms. The van der Waals surface area contributed by atoms with Gasteiger partial charge in [-0.3, -0.25) is 4.79 Å². The highest BCUT2D eigenvalue weighted by atomic mass is 19.1. The molecule has 0 fully saturated rings. The first-order valence-corrected chi connectivity index (χ1v) is 5.01. The minimum Gasteiger partial charge on any atom is -0.481 e. The maximum Gasteiger partial charge on any atom is 0.303 e. The first-order valence-electron chi connectivity index (χ1n) is 5.01. The van der Waals surface area contributed by atoms with Gasteiger partial charge in [-0.2, -0.15) is 0 Å². The summed E-state index contributed by atoms with van der Waals surface area (Å²) in [6.07, 6.45) is 0.00229. The van der Waals surface area contributed by atoms with Crippen LogP contribution in [0.4, 0.5) is 8.78 Å². The van der Waals surface area contributed by atoms with E-state index in [0.29, 0.717) is 5.56 Å². The van der Waals surface area contributed by atoms with Gasteiger partial charge in [0.15, 0.2) is 0 Å². The number of carboxylic acid groups (broad SMARTS) is 1. The standard InChI is InChI=1S/C12H14F2O2/c1-12(2,14)11-8(6-7-10(15)16)4-3-5-9(11)13/h3-5H,6-7H2,1-2H3,(H,15,16). The van der Waals surface area contributed by atoms with Crippen molar-refractivity contribution in [2.45, 2.75) is 32.4 Å². The predicted molar refractivity (Wildman–Crippen MR) is 56.5 cm³/mol. The van der Waals surface area contributed by atoms with Crippen molar-refractivity contribution in [3.63, 3.8) is 0 Å². The van der Waals surface area contributed by atoms with Crippen LogP contribution >= 0.6 is 0 Å². The predicted octanol–water partition coefficient (Wildman–Crippen LogP) is 3.05. The second-order valence-electron chi connectivity index (χ2n) is 4.14. The molecular weight excluding hydrogens is 214 g/mol. The summed E-state index contributed by atoms with van der Waals surface area (Å²) in [5.41, 5.74) is -1.44. The van der Waals surface area contributed by atoms with E-state index in [-0.39, 0.29) is 18.4 Å². The fourth-order valence-electron chi connectivity index (χ4n) is 1.68. The Morgan fingerprint density at radius 3 is 2.56 bits per heavy atom. The first kappa shape index (κ1) is 12.6. The molecule has 2 nitrogen and oxygen atoms in total. The number of carbonyl (C=O) groups is 1. The monoisotopic (exact) mass is 228 g/mol. The van der Waals surface area contributed by atoms with Crippen LogP contribution in [-0.2, 0) is 16.9 Å². The van der Waals surface area contributed by atoms with E-state index in [0.717, 1.165) is 0 Å². The second kappa shape index (κ2) is 4.60. The molecule has 16 heavy (non-hydrogen) atoms. The summed E-state index contributed by atoms with van der Waals surface area (Å²) in [7, 11) is 0. The van der Waals surface area contributed by atoms with E-state index in [4.69, 9.17) is 5.11 Å². The Bertz CT molecular complexity index is 394. The van der Waals surface area contributed by atoms with Gasteiger partial charge < -0.3 is 5.11 Å². The number of hydrogen-bond donors (Lipinski definition) is 1. The molecule has 0 spiro atoms. The van der Waals surface area contributed by atoms with E-state index < -0.39 is 17.5 Å². The van der Waals surface area contributed by atoms with Crippen LogP contribution in [0.1, 0.15) is 31.4 Å². The van der Waals surface area contributed by atoms with Crippen molar-refractivity contribution in [1.82, 2.24) is 0 Å². The van der Waals surface area contributed by atoms with Crippen molar-refractivity contribution < 1.29 is 18.7 Å². The number of alkyl halides is 1. The summed E-state index contributed by atoms with van der Waals surface area (Å²) in [5, 5.41) is 8.55. The van der Waals surface area contributed by atoms with E-state index in [1.54, 1.807) is 6.07 Å². The summed E-state index contributed by atoms with van der Waals surface area (Å²) in [4.78, 5) is 10.4. The lowest BCUT2D eigenvalue weighted by atomic mass is 9.92. The fourth-order valence-corrected chi connectivity index (χ4v) is 1.68. The molecular formula is C12H14F2O2. The molecule has 0 unspecified atom stereocenters. The average molecular weight is 228 g/mol. The second-order valence-corrected chi connectivity index (χ2v) is 4.14. The molecule has 0 aliphatic heterocycles. The van der Waals surface area contributed by atoms with Crippen molar-refractivity contribution in [2.24, 2.45) is 0 Å². The van der Waals surface area contributed by atoms with Crippen LogP contribution in [0.2, 0.25) is 0 Å². The Kier molecular flexibility index (Phi) is 3.62. The molecule has 0 atom stereocenters. The van der Waals surface area contributed by atoms with Gasteiger partial charge in [-0.1, -0.05) is 12.1 Å². The van der Waals surface area contributed by atoms with Gasteiger partial charge in [0.05, 0.1) is 0 Å². The lowest BCUT2D eigenvalue weighted by Gasteiger charge is -2.19. The smallest absolute Gasteiger partial charge is 0.303 e. The number of carboxylic acids is 1. The largest absolute Gasteiger partial charge is 0.481 e. The van der Waals surface area contributed by atoms with Gasteiger partial charge in [-0.05, 0) is 31.9 Å². The summed E-state index contributed by atoms with van der Waals surface area (Å²) in [5.74, 6) is -1.61. The number of hydrogen-bond acceptors (Lipinski definition) is 1. The Hall–Kier alpha value is -1.45. The molecule has 0 saturated carbocycles. The van der Waals surface area contributed by atoms with Crippen LogP contribution in [0.3, 0.4) is 0 Å². The van der Waals surface area contributed by atoms with Gasteiger partial charge in [-0.15, -0.1) is 0 Å². The summed E-state index contributed by atoms with van der Waals surface area (Å²) < 4.78 is 27.3. The summed E-state index contributed by atoms with van der Waals surface area (Å²) >= 11 is 0. The molecule has 0 amide bonds. The van der Waals surface area contributed by atoms with Crippen molar-refractivity contribution in [3.05, 3.63) is 35.1 Å². The number of halogens is 2. The third kappa shape index (κ3) is 3.02. The molecule has 0 aliphatic carbocycles. The molecule has 0 saturated heterocycles. The Balaban J connectivity index is 3.08. The molecule has 0 heterocycles. The van der Waals surface area contributed by atoms with Crippen LogP contribution in [0.5, 0.6) is 0 Å². The molecule has 0 aromatic heterocycles. The van der Waals surface area contributed by atoms with Crippen molar-refractivity contribution in [3.8, 4) is 0 Å². The van der Waals surface area contributed by atoms with E-state index >= 15 is 0 Å². The molecule has 88 valence electrons. The molecule has 1 aromatic carbocycles. The van der Waals surface area contributed by atoms with Gasteiger partial charge in [-0.25, -0.2) is 8.78 Å². The highest BCUT2D eigenvalue weighted by Crippen LogP contribution is 2.30. The van der Waals surface area contributed by atoms with Crippen LogP contribution in [-0.4, -0.2) is 11.1 Å². The first-order chi connectivity index (χ1) is 7.32. The highest BCUT2D eigenvalue weighted by Gasteiger charge is 2.26. The fraction of sp³-hybridized carbons (Fsp3) is 0.417. The van der Waals surface area contributed by atoms with Crippen LogP contribution in [0.25, 0.3) is 0 Å². The zero-order chi connectivity index (χ0) is 12.3. The minimum absolute atomic E-state index is 0.0451. The zero-order valence-corrected chi connectivity index (χ0v) is 9.26. The van der Waals surface area contributed by atoms with Crippen molar-refractivity contribution in [2.75, 3.05) is 0 Å². The van der Waals surface area contributed by atoms with Crippen LogP contribution < -0.4 is 0 Å². The van der Waals surface area contributed by atoms with E-state index in [1.807, 2.05) is 0 Å². The highest BCUT2D eigenvalue weighted by molar-refractivity contribution is 5.67. The van der Waals surface area contributed by atoms with E-state index in [1.165, 1.54) is 26.0 Å². The number of aryl methyl sites for hydroxylation is 1. The van der Waals surface area contributed by atoms with Gasteiger partial charge in [0, 0.05) is 12.0 Å². The van der Waals surface area contributed by atoms with Gasteiger partial charge in [0.2, 0.25) is 0 Å². The van der Waals surface area contributed by atoms with E-state index in [2.05, 4.69) is 0 Å². The molecule has 1 aromatic rings. The zero-order valence-electron chi connectivity index (χ0n) is 9.26. The lowest BCUT2D eigenvalue weighted by Crippen LogP contribution is -2.15. The minimum atomic E-state index is -1.81. The third-order valence-electron chi connectivity index (χ3n) is 2.30. The lowest BCUT2D eigenvalue weighted by molar-refractivity contribution is -0.136. The quantitative estimate of drug-likeness (QED) is 0.859. The third-order valence-corrected chi connectivity index (χ3v) is 2.30. The number of aliphatic carboxylic acids is 1. The topological polar surface area (TPSA) is 37.3 Å². The number of benzene rings is 1. The Labute approximate surface area is 92.9 Å². The van der Waals surface area contributed by atoms with Crippen LogP contribution in [0.15, 0.2) is 18.2 Å². The SMILES string of the molecule is CC(C)(F)c1c(F)cccc1CCC(=O)O. The van der Waals surface area contributed by atoms with Gasteiger partial charge >= 0.3 is 5.97 Å². The summed E-state index contributed by atoms with van der Waals surface area (Å²) in [6, 6.07) is 4.20. The molecule has 1 rings (SSSR count). The maximum atomic E-state index is 13.8. The summed E-state index contributed by atoms with van der Waals surface area (Å²) in [6.45, 7) is 2.52. The van der Waals surface area contributed by atoms with Crippen molar-refractivity contribution in [1.29, 1.82) is 0 Å². The van der Waals surface area contributed by atoms with Gasteiger partial charge in [0.25, 0.3) is 0 Å². The molecule has 4 heteroatoms. The van der Waals surface area contributed by atoms with Crippen molar-refractivity contribution >= 4 is 5.97 Å². The maximum absolute atomic E-state index is 13.8. The van der Waals surface area contributed by atoms with Gasteiger partial charge in [0.1, 0.15) is 11.5 Å². The number of rotatable bonds is 4. The molecule has 0 aliphatic rings.